The smallest absolute Gasteiger partial charge is 0.0761 e. The summed E-state index contributed by atoms with van der Waals surface area (Å²) in [5, 5.41) is 12.8. The first-order valence-corrected chi connectivity index (χ1v) is 4.26. The lowest BCUT2D eigenvalue weighted by Gasteiger charge is -2.10. The van der Waals surface area contributed by atoms with Gasteiger partial charge in [-0.05, 0) is 0 Å². The second-order valence-electron chi connectivity index (χ2n) is 2.37. The summed E-state index contributed by atoms with van der Waals surface area (Å²) in [6.45, 7) is 4.78. The molecule has 3 heteroatoms. The molecule has 2 N–H and O–H groups in total. The van der Waals surface area contributed by atoms with Crippen LogP contribution in [0.1, 0.15) is 13.8 Å². The Hall–Kier alpha value is 0.400. The minimum absolute atomic E-state index is 0.257. The number of aliphatic hydroxyl groups excluding tert-OH is 1. The van der Waals surface area contributed by atoms with E-state index < -0.39 is 0 Å². The van der Waals surface area contributed by atoms with Crippen molar-refractivity contribution in [2.24, 2.45) is 0 Å². The minimum atomic E-state index is -0.257. The summed E-state index contributed by atoms with van der Waals surface area (Å²) in [4.78, 5) is 0. The maximum atomic E-state index is 9.00. The lowest BCUT2D eigenvalue weighted by molar-refractivity contribution is 0.194. The van der Waals surface area contributed by atoms with Gasteiger partial charge in [-0.15, -0.1) is 0 Å². The number of alkyl halides is 1. The van der Waals surface area contributed by atoms with Gasteiger partial charge in [-0.25, -0.2) is 0 Å². The highest BCUT2D eigenvalue weighted by Crippen LogP contribution is 1.88. The molecule has 0 aliphatic heterocycles. The van der Waals surface area contributed by atoms with Gasteiger partial charge < -0.3 is 10.4 Å². The molecule has 9 heavy (non-hydrogen) atoms. The molecule has 0 aliphatic carbocycles. The van der Waals surface area contributed by atoms with E-state index in [-0.39, 0.29) is 6.10 Å². The fourth-order valence-corrected chi connectivity index (χ4v) is 0.655. The predicted octanol–water partition coefficient (Wildman–Crippen LogP) is 0.740. The van der Waals surface area contributed by atoms with E-state index >= 15 is 0 Å². The molecule has 0 aromatic rings. The predicted molar refractivity (Wildman–Crippen MR) is 42.9 cm³/mol. The SMILES string of the molecule is CC(C)NC[C@H](O)CBr. The monoisotopic (exact) mass is 195 g/mol. The molecule has 0 saturated carbocycles. The Morgan fingerprint density at radius 2 is 2.11 bits per heavy atom. The molecule has 1 atom stereocenters. The van der Waals surface area contributed by atoms with Gasteiger partial charge >= 0.3 is 0 Å². The number of nitrogens with one attached hydrogen (secondary N) is 1. The van der Waals surface area contributed by atoms with Crippen LogP contribution in [0.3, 0.4) is 0 Å². The molecule has 0 fully saturated rings. The van der Waals surface area contributed by atoms with E-state index in [1.807, 2.05) is 0 Å². The molecule has 0 rings (SSSR count). The number of hydrogen-bond acceptors (Lipinski definition) is 2. The number of rotatable bonds is 4. The van der Waals surface area contributed by atoms with Gasteiger partial charge in [0.25, 0.3) is 0 Å². The van der Waals surface area contributed by atoms with E-state index in [1.165, 1.54) is 0 Å². The largest absolute Gasteiger partial charge is 0.391 e. The molecule has 56 valence electrons. The summed E-state index contributed by atoms with van der Waals surface area (Å²) in [5.41, 5.74) is 0. The van der Waals surface area contributed by atoms with Crippen molar-refractivity contribution in [1.29, 1.82) is 0 Å². The van der Waals surface area contributed by atoms with Gasteiger partial charge in [0, 0.05) is 17.9 Å². The summed E-state index contributed by atoms with van der Waals surface area (Å²) in [6.07, 6.45) is -0.257. The third-order valence-corrected chi connectivity index (χ3v) is 1.69. The zero-order chi connectivity index (χ0) is 7.28. The Bertz CT molecular complexity index is 68.1. The second-order valence-corrected chi connectivity index (χ2v) is 3.02. The molecule has 0 heterocycles. The molecule has 0 aromatic heterocycles. The molecule has 0 bridgehead atoms. The summed E-state index contributed by atoms with van der Waals surface area (Å²) >= 11 is 3.17. The molecule has 0 unspecified atom stereocenters. The zero-order valence-electron chi connectivity index (χ0n) is 5.89. The van der Waals surface area contributed by atoms with Crippen LogP contribution in [0.5, 0.6) is 0 Å². The Balaban J connectivity index is 3.06. The van der Waals surface area contributed by atoms with Gasteiger partial charge in [-0.2, -0.15) is 0 Å². The van der Waals surface area contributed by atoms with E-state index in [0.717, 1.165) is 0 Å². The summed E-state index contributed by atoms with van der Waals surface area (Å²) in [5.74, 6) is 0. The average molecular weight is 196 g/mol. The van der Waals surface area contributed by atoms with E-state index in [0.29, 0.717) is 17.9 Å². The standard InChI is InChI=1S/C6H14BrNO/c1-5(2)8-4-6(9)3-7/h5-6,8-9H,3-4H2,1-2H3/t6-/m1/s1. The summed E-state index contributed by atoms with van der Waals surface area (Å²) in [6, 6.07) is 0.457. The quantitative estimate of drug-likeness (QED) is 0.650. The zero-order valence-corrected chi connectivity index (χ0v) is 7.48. The van der Waals surface area contributed by atoms with Crippen molar-refractivity contribution in [3.63, 3.8) is 0 Å². The van der Waals surface area contributed by atoms with Gasteiger partial charge in [0.2, 0.25) is 0 Å². The molecule has 2 nitrogen and oxygen atoms in total. The van der Waals surface area contributed by atoms with E-state index in [9.17, 15) is 0 Å². The second kappa shape index (κ2) is 5.21. The van der Waals surface area contributed by atoms with Gasteiger partial charge in [0.05, 0.1) is 6.10 Å². The van der Waals surface area contributed by atoms with Crippen molar-refractivity contribution in [2.75, 3.05) is 11.9 Å². The van der Waals surface area contributed by atoms with Crippen molar-refractivity contribution in [3.8, 4) is 0 Å². The normalized spacial score (nSPS) is 14.3. The van der Waals surface area contributed by atoms with Crippen molar-refractivity contribution in [3.05, 3.63) is 0 Å². The summed E-state index contributed by atoms with van der Waals surface area (Å²) < 4.78 is 0. The van der Waals surface area contributed by atoms with Crippen LogP contribution in [0.2, 0.25) is 0 Å². The fraction of sp³-hybridized carbons (Fsp3) is 1.00. The maximum absolute atomic E-state index is 9.00. The van der Waals surface area contributed by atoms with Gasteiger partial charge in [-0.3, -0.25) is 0 Å². The third-order valence-electron chi connectivity index (χ3n) is 0.940. The minimum Gasteiger partial charge on any atom is -0.391 e. The molecule has 0 aromatic carbocycles. The number of aliphatic hydroxyl groups is 1. The Morgan fingerprint density at radius 3 is 2.44 bits per heavy atom. The van der Waals surface area contributed by atoms with Gasteiger partial charge in [0.1, 0.15) is 0 Å². The lowest BCUT2D eigenvalue weighted by atomic mass is 10.3. The Labute approximate surface area is 64.8 Å². The third kappa shape index (κ3) is 6.28. The Kier molecular flexibility index (Phi) is 5.44. The fourth-order valence-electron chi connectivity index (χ4n) is 0.426. The van der Waals surface area contributed by atoms with Crippen molar-refractivity contribution >= 4 is 15.9 Å². The van der Waals surface area contributed by atoms with Crippen LogP contribution < -0.4 is 5.32 Å². The average Bonchev–Trinajstić information content (AvgIpc) is 1.83. The van der Waals surface area contributed by atoms with Crippen molar-refractivity contribution in [1.82, 2.24) is 5.32 Å². The first-order chi connectivity index (χ1) is 4.16. The summed E-state index contributed by atoms with van der Waals surface area (Å²) in [7, 11) is 0. The molecule has 0 spiro atoms. The van der Waals surface area contributed by atoms with Crippen LogP contribution in [0.25, 0.3) is 0 Å². The molecular formula is C6H14BrNO. The highest BCUT2D eigenvalue weighted by molar-refractivity contribution is 9.09. The van der Waals surface area contributed by atoms with Crippen molar-refractivity contribution < 1.29 is 5.11 Å². The van der Waals surface area contributed by atoms with Crippen molar-refractivity contribution in [2.45, 2.75) is 26.0 Å². The van der Waals surface area contributed by atoms with E-state index in [4.69, 9.17) is 5.11 Å². The van der Waals surface area contributed by atoms with Gasteiger partial charge in [0.15, 0.2) is 0 Å². The lowest BCUT2D eigenvalue weighted by Crippen LogP contribution is -2.32. The van der Waals surface area contributed by atoms with Crippen LogP contribution in [0, 0.1) is 0 Å². The molecule has 0 saturated heterocycles. The van der Waals surface area contributed by atoms with Crippen LogP contribution >= 0.6 is 15.9 Å². The number of halogens is 1. The molecule has 0 amide bonds. The highest BCUT2D eigenvalue weighted by atomic mass is 79.9. The number of hydrogen-bond donors (Lipinski definition) is 2. The van der Waals surface area contributed by atoms with Crippen LogP contribution in [-0.4, -0.2) is 29.1 Å². The Morgan fingerprint density at radius 1 is 1.56 bits per heavy atom. The van der Waals surface area contributed by atoms with Crippen LogP contribution in [0.15, 0.2) is 0 Å². The first kappa shape index (κ1) is 9.40. The topological polar surface area (TPSA) is 32.3 Å². The maximum Gasteiger partial charge on any atom is 0.0761 e. The van der Waals surface area contributed by atoms with Gasteiger partial charge in [-0.1, -0.05) is 29.8 Å². The molecule has 0 aliphatic rings. The molecular weight excluding hydrogens is 182 g/mol. The van der Waals surface area contributed by atoms with Crippen LogP contribution in [-0.2, 0) is 0 Å². The van der Waals surface area contributed by atoms with E-state index in [2.05, 4.69) is 35.1 Å². The first-order valence-electron chi connectivity index (χ1n) is 3.14. The van der Waals surface area contributed by atoms with Crippen LogP contribution in [0.4, 0.5) is 0 Å². The highest BCUT2D eigenvalue weighted by Gasteiger charge is 2.00. The van der Waals surface area contributed by atoms with E-state index in [1.54, 1.807) is 0 Å². The molecule has 0 radical (unpaired) electrons.